The summed E-state index contributed by atoms with van der Waals surface area (Å²) in [4.78, 5) is 12.7. The van der Waals surface area contributed by atoms with Crippen molar-refractivity contribution in [3.05, 3.63) is 52.4 Å². The van der Waals surface area contributed by atoms with E-state index in [2.05, 4.69) is 49.4 Å². The quantitative estimate of drug-likeness (QED) is 0.246. The summed E-state index contributed by atoms with van der Waals surface area (Å²) in [6, 6.07) is 9.30. The molecule has 0 radical (unpaired) electrons. The third kappa shape index (κ3) is 4.10. The number of halogens is 1. The summed E-state index contributed by atoms with van der Waals surface area (Å²) in [5.41, 5.74) is 8.52. The fourth-order valence-corrected chi connectivity index (χ4v) is 3.76. The zero-order valence-corrected chi connectivity index (χ0v) is 17.6. The number of carbonyl (C=O) groups excluding carboxylic acids is 1. The van der Waals surface area contributed by atoms with Gasteiger partial charge in [0.2, 0.25) is 0 Å². The van der Waals surface area contributed by atoms with Gasteiger partial charge in [0.15, 0.2) is 5.65 Å². The molecule has 4 N–H and O–H groups in total. The maximum Gasteiger partial charge on any atom is 0.255 e. The van der Waals surface area contributed by atoms with Gasteiger partial charge in [-0.3, -0.25) is 9.20 Å². The molecule has 146 valence electrons. The first-order chi connectivity index (χ1) is 13.5. The van der Waals surface area contributed by atoms with E-state index in [-0.39, 0.29) is 11.3 Å². The number of amides is 1. The largest absolute Gasteiger partial charge is 0.397 e. The summed E-state index contributed by atoms with van der Waals surface area (Å²) in [7, 11) is 0. The Morgan fingerprint density at radius 1 is 1.36 bits per heavy atom. The smallest absolute Gasteiger partial charge is 0.255 e. The molecule has 1 atom stereocenters. The van der Waals surface area contributed by atoms with Crippen molar-refractivity contribution in [3.8, 4) is 0 Å². The van der Waals surface area contributed by atoms with Crippen molar-refractivity contribution in [1.29, 1.82) is 0 Å². The Hall–Kier alpha value is -2.26. The van der Waals surface area contributed by atoms with Crippen molar-refractivity contribution in [1.82, 2.24) is 19.9 Å². The minimum atomic E-state index is -0.180. The first-order valence-corrected chi connectivity index (χ1v) is 10.5. The van der Waals surface area contributed by atoms with Crippen LogP contribution in [0.2, 0.25) is 0 Å². The maximum atomic E-state index is 12.7. The molecule has 28 heavy (non-hydrogen) atoms. The number of nitrogens with two attached hydrogens (primary N) is 1. The van der Waals surface area contributed by atoms with Gasteiger partial charge in [-0.1, -0.05) is 12.1 Å². The standard InChI is InChI=1S/C19H21BrN6OS/c20-12-9-13(18-25-24-17(11-5-6-11)26(18)10-12)19(27)22-8-7-16(28)23-15-4-2-1-3-14(15)21/h1-4,9-11,16,23,28H,5-8,21H2,(H,22,27). The van der Waals surface area contributed by atoms with E-state index in [0.29, 0.717) is 35.8 Å². The molecule has 2 heterocycles. The normalized spacial score (nSPS) is 14.8. The van der Waals surface area contributed by atoms with Crippen molar-refractivity contribution in [2.75, 3.05) is 17.6 Å². The molecular weight excluding hydrogens is 440 g/mol. The molecule has 1 aliphatic rings. The topological polar surface area (TPSA) is 97.3 Å². The van der Waals surface area contributed by atoms with Crippen LogP contribution in [0.15, 0.2) is 41.0 Å². The minimum Gasteiger partial charge on any atom is -0.397 e. The third-order valence-corrected chi connectivity index (χ3v) is 5.49. The number of hydrogen-bond acceptors (Lipinski definition) is 6. The summed E-state index contributed by atoms with van der Waals surface area (Å²) in [6.07, 6.45) is 4.79. The van der Waals surface area contributed by atoms with Crippen molar-refractivity contribution < 1.29 is 4.79 Å². The minimum absolute atomic E-state index is 0.137. The lowest BCUT2D eigenvalue weighted by Gasteiger charge is -2.16. The molecule has 1 fully saturated rings. The van der Waals surface area contributed by atoms with Crippen LogP contribution < -0.4 is 16.4 Å². The van der Waals surface area contributed by atoms with E-state index in [9.17, 15) is 4.79 Å². The SMILES string of the molecule is Nc1ccccc1NC(S)CCNC(=O)c1cc(Br)cn2c(C3CC3)nnc12. The number of aromatic nitrogens is 3. The zero-order chi connectivity index (χ0) is 19.7. The van der Waals surface area contributed by atoms with Gasteiger partial charge in [0.25, 0.3) is 5.91 Å². The number of anilines is 2. The average Bonchev–Trinajstić information content (AvgIpc) is 3.42. The number of thiol groups is 1. The molecule has 0 bridgehead atoms. The van der Waals surface area contributed by atoms with Crippen molar-refractivity contribution >= 4 is 51.5 Å². The Morgan fingerprint density at radius 2 is 2.14 bits per heavy atom. The number of hydrogen-bond donors (Lipinski definition) is 4. The van der Waals surface area contributed by atoms with E-state index < -0.39 is 0 Å². The highest BCUT2D eigenvalue weighted by atomic mass is 79.9. The van der Waals surface area contributed by atoms with Gasteiger partial charge in [-0.2, -0.15) is 12.6 Å². The van der Waals surface area contributed by atoms with Crippen LogP contribution in [0.5, 0.6) is 0 Å². The number of benzene rings is 1. The molecule has 0 saturated heterocycles. The van der Waals surface area contributed by atoms with Crippen LogP contribution >= 0.6 is 28.6 Å². The van der Waals surface area contributed by atoms with E-state index in [0.717, 1.165) is 28.8 Å². The Bertz CT molecular complexity index is 1020. The Kier molecular flexibility index (Phi) is 5.45. The zero-order valence-electron chi connectivity index (χ0n) is 15.1. The van der Waals surface area contributed by atoms with Crippen LogP contribution in [-0.4, -0.2) is 32.4 Å². The molecule has 1 aliphatic carbocycles. The van der Waals surface area contributed by atoms with Gasteiger partial charge in [0.05, 0.1) is 22.3 Å². The van der Waals surface area contributed by atoms with Crippen LogP contribution in [0, 0.1) is 0 Å². The lowest BCUT2D eigenvalue weighted by molar-refractivity contribution is 0.0954. The molecule has 0 spiro atoms. The summed E-state index contributed by atoms with van der Waals surface area (Å²) in [5.74, 6) is 1.19. The van der Waals surface area contributed by atoms with Crippen LogP contribution in [0.25, 0.3) is 5.65 Å². The van der Waals surface area contributed by atoms with E-state index in [4.69, 9.17) is 5.73 Å². The predicted molar refractivity (Wildman–Crippen MR) is 117 cm³/mol. The number of nitrogen functional groups attached to an aromatic ring is 1. The van der Waals surface area contributed by atoms with Crippen molar-refractivity contribution in [2.45, 2.75) is 30.6 Å². The maximum absolute atomic E-state index is 12.7. The second-order valence-electron chi connectivity index (χ2n) is 6.89. The van der Waals surface area contributed by atoms with Gasteiger partial charge in [0, 0.05) is 23.1 Å². The lowest BCUT2D eigenvalue weighted by Crippen LogP contribution is -2.28. The van der Waals surface area contributed by atoms with Crippen LogP contribution in [0.3, 0.4) is 0 Å². The summed E-state index contributed by atoms with van der Waals surface area (Å²) >= 11 is 8.02. The van der Waals surface area contributed by atoms with E-state index >= 15 is 0 Å². The summed E-state index contributed by atoms with van der Waals surface area (Å²) < 4.78 is 2.73. The first kappa shape index (κ1) is 19.1. The summed E-state index contributed by atoms with van der Waals surface area (Å²) in [5, 5.41) is 14.6. The number of pyridine rings is 1. The molecule has 1 aromatic carbocycles. The highest BCUT2D eigenvalue weighted by molar-refractivity contribution is 9.10. The van der Waals surface area contributed by atoms with E-state index in [1.165, 1.54) is 0 Å². The highest BCUT2D eigenvalue weighted by Crippen LogP contribution is 2.39. The molecule has 0 aliphatic heterocycles. The van der Waals surface area contributed by atoms with E-state index in [1.54, 1.807) is 6.07 Å². The van der Waals surface area contributed by atoms with Gasteiger partial charge in [0.1, 0.15) is 5.82 Å². The van der Waals surface area contributed by atoms with Crippen LogP contribution in [0.1, 0.15) is 41.4 Å². The molecule has 1 saturated carbocycles. The lowest BCUT2D eigenvalue weighted by atomic mass is 10.2. The fourth-order valence-electron chi connectivity index (χ4n) is 3.06. The molecule has 1 amide bonds. The van der Waals surface area contributed by atoms with Gasteiger partial charge >= 0.3 is 0 Å². The molecule has 9 heteroatoms. The Morgan fingerprint density at radius 3 is 2.89 bits per heavy atom. The molecule has 4 rings (SSSR count). The van der Waals surface area contributed by atoms with Gasteiger partial charge in [-0.25, -0.2) is 0 Å². The van der Waals surface area contributed by atoms with Crippen LogP contribution in [0.4, 0.5) is 11.4 Å². The van der Waals surface area contributed by atoms with Crippen molar-refractivity contribution in [2.24, 2.45) is 0 Å². The average molecular weight is 461 g/mol. The van der Waals surface area contributed by atoms with Gasteiger partial charge < -0.3 is 16.4 Å². The second kappa shape index (κ2) is 8.00. The number of nitrogens with one attached hydrogen (secondary N) is 2. The summed E-state index contributed by atoms with van der Waals surface area (Å²) in [6.45, 7) is 0.467. The van der Waals surface area contributed by atoms with Crippen LogP contribution in [-0.2, 0) is 0 Å². The molecule has 1 unspecified atom stereocenters. The first-order valence-electron chi connectivity index (χ1n) is 9.14. The molecule has 3 aromatic rings. The van der Waals surface area contributed by atoms with Gasteiger partial charge in [-0.05, 0) is 53.4 Å². The molecule has 7 nitrogen and oxygen atoms in total. The fraction of sp³-hybridized carbons (Fsp3) is 0.316. The predicted octanol–water partition coefficient (Wildman–Crippen LogP) is 3.44. The number of carbonyl (C=O) groups is 1. The monoisotopic (exact) mass is 460 g/mol. The Balaban J connectivity index is 1.39. The number of para-hydroxylation sites is 2. The number of rotatable bonds is 7. The molecule has 2 aromatic heterocycles. The third-order valence-electron chi connectivity index (χ3n) is 4.67. The van der Waals surface area contributed by atoms with Gasteiger partial charge in [-0.15, -0.1) is 10.2 Å². The second-order valence-corrected chi connectivity index (χ2v) is 8.43. The van der Waals surface area contributed by atoms with Crippen molar-refractivity contribution in [3.63, 3.8) is 0 Å². The number of nitrogens with zero attached hydrogens (tertiary/aromatic N) is 3. The number of fused-ring (bicyclic) bond motifs is 1. The highest BCUT2D eigenvalue weighted by Gasteiger charge is 2.29. The Labute approximate surface area is 176 Å². The van der Waals surface area contributed by atoms with E-state index in [1.807, 2.05) is 34.9 Å². The molecular formula is C19H21BrN6OS.